The number of hydrogen-bond donors (Lipinski definition) is 3. The highest BCUT2D eigenvalue weighted by Crippen LogP contribution is 2.41. The van der Waals surface area contributed by atoms with E-state index in [1.165, 1.54) is 17.2 Å². The van der Waals surface area contributed by atoms with Crippen molar-refractivity contribution in [1.29, 1.82) is 0 Å². The first-order valence-electron chi connectivity index (χ1n) is 7.13. The topological polar surface area (TPSA) is 86.2 Å². The predicted molar refractivity (Wildman–Crippen MR) is 78.8 cm³/mol. The molecule has 5 heteroatoms. The molecule has 5 nitrogen and oxygen atoms in total. The number of carbonyl (C=O) groups is 1. The molecule has 1 heterocycles. The van der Waals surface area contributed by atoms with Crippen molar-refractivity contribution < 1.29 is 15.0 Å². The minimum absolute atomic E-state index is 0.0270. The number of carboxylic acids is 1. The van der Waals surface area contributed by atoms with Gasteiger partial charge in [0, 0.05) is 5.56 Å². The smallest absolute Gasteiger partial charge is 0.353 e. The molecule has 0 unspecified atom stereocenters. The Balaban J connectivity index is 2.22. The molecule has 2 aromatic rings. The quantitative estimate of drug-likeness (QED) is 0.792. The highest BCUT2D eigenvalue weighted by atomic mass is 16.4. The number of aromatic hydroxyl groups is 1. The summed E-state index contributed by atoms with van der Waals surface area (Å²) in [4.78, 5) is 11.0. The number of aromatic nitrogens is 2. The number of carboxylic acid groups (broad SMARTS) is 1. The van der Waals surface area contributed by atoms with Crippen molar-refractivity contribution in [3.05, 3.63) is 34.0 Å². The van der Waals surface area contributed by atoms with Gasteiger partial charge in [0.1, 0.15) is 11.4 Å². The Hall–Kier alpha value is -2.30. The normalized spacial score (nSPS) is 14.0. The SMILES string of the molecule is Cc1c(O)c(-c2cc(C(=O)O)[nH]n2)c(C)c2c1CCCC2. The zero-order chi connectivity index (χ0) is 15.1. The van der Waals surface area contributed by atoms with E-state index in [9.17, 15) is 9.90 Å². The average molecular weight is 286 g/mol. The van der Waals surface area contributed by atoms with E-state index in [4.69, 9.17) is 5.11 Å². The molecule has 0 radical (unpaired) electrons. The van der Waals surface area contributed by atoms with Crippen LogP contribution in [0.15, 0.2) is 6.07 Å². The van der Waals surface area contributed by atoms with Crippen LogP contribution in [0, 0.1) is 13.8 Å². The maximum Gasteiger partial charge on any atom is 0.353 e. The molecule has 0 saturated carbocycles. The van der Waals surface area contributed by atoms with Gasteiger partial charge in [-0.2, -0.15) is 5.10 Å². The van der Waals surface area contributed by atoms with Crippen LogP contribution >= 0.6 is 0 Å². The molecule has 0 atom stereocenters. The van der Waals surface area contributed by atoms with E-state index in [0.29, 0.717) is 11.3 Å². The maximum absolute atomic E-state index is 11.0. The second-order valence-corrected chi connectivity index (χ2v) is 5.61. The van der Waals surface area contributed by atoms with Gasteiger partial charge in [0.2, 0.25) is 0 Å². The summed E-state index contributed by atoms with van der Waals surface area (Å²) in [7, 11) is 0. The zero-order valence-electron chi connectivity index (χ0n) is 12.2. The van der Waals surface area contributed by atoms with E-state index in [-0.39, 0.29) is 11.4 Å². The average Bonchev–Trinajstić information content (AvgIpc) is 2.95. The Morgan fingerprint density at radius 3 is 2.38 bits per heavy atom. The number of H-pyrrole nitrogens is 1. The van der Waals surface area contributed by atoms with Gasteiger partial charge in [0.05, 0.1) is 5.69 Å². The van der Waals surface area contributed by atoms with E-state index in [1.807, 2.05) is 13.8 Å². The monoisotopic (exact) mass is 286 g/mol. The molecule has 110 valence electrons. The van der Waals surface area contributed by atoms with Crippen molar-refractivity contribution in [2.75, 3.05) is 0 Å². The fourth-order valence-corrected chi connectivity index (χ4v) is 3.26. The summed E-state index contributed by atoms with van der Waals surface area (Å²) in [6.07, 6.45) is 4.30. The van der Waals surface area contributed by atoms with Crippen molar-refractivity contribution in [2.24, 2.45) is 0 Å². The van der Waals surface area contributed by atoms with Crippen molar-refractivity contribution >= 4 is 5.97 Å². The van der Waals surface area contributed by atoms with E-state index < -0.39 is 5.97 Å². The molecule has 1 aliphatic carbocycles. The van der Waals surface area contributed by atoms with Crippen molar-refractivity contribution in [3.8, 4) is 17.0 Å². The van der Waals surface area contributed by atoms with Gasteiger partial charge in [-0.3, -0.25) is 5.10 Å². The largest absolute Gasteiger partial charge is 0.507 e. The molecule has 0 saturated heterocycles. The van der Waals surface area contributed by atoms with E-state index in [2.05, 4.69) is 10.2 Å². The van der Waals surface area contributed by atoms with Crippen LogP contribution in [0.2, 0.25) is 0 Å². The summed E-state index contributed by atoms with van der Waals surface area (Å²) in [6, 6.07) is 1.47. The Morgan fingerprint density at radius 1 is 1.19 bits per heavy atom. The lowest BCUT2D eigenvalue weighted by atomic mass is 9.82. The number of benzene rings is 1. The Bertz CT molecular complexity index is 732. The number of rotatable bonds is 2. The lowest BCUT2D eigenvalue weighted by Crippen LogP contribution is -2.08. The number of hydrogen-bond acceptors (Lipinski definition) is 3. The lowest BCUT2D eigenvalue weighted by Gasteiger charge is -2.23. The molecule has 1 aromatic heterocycles. The second kappa shape index (κ2) is 4.91. The summed E-state index contributed by atoms with van der Waals surface area (Å²) in [6.45, 7) is 3.90. The molecular weight excluding hydrogens is 268 g/mol. The first-order chi connectivity index (χ1) is 10.0. The van der Waals surface area contributed by atoms with Crippen LogP contribution in [-0.4, -0.2) is 26.4 Å². The molecule has 21 heavy (non-hydrogen) atoms. The molecule has 1 aliphatic rings. The number of fused-ring (bicyclic) bond motifs is 1. The molecular formula is C16H18N2O3. The van der Waals surface area contributed by atoms with Crippen molar-refractivity contribution in [1.82, 2.24) is 10.2 Å². The molecule has 0 bridgehead atoms. The highest BCUT2D eigenvalue weighted by molar-refractivity contribution is 5.88. The third-order valence-corrected chi connectivity index (χ3v) is 4.40. The van der Waals surface area contributed by atoms with E-state index >= 15 is 0 Å². The standard InChI is InChI=1S/C16H18N2O3/c1-8-10-5-3-4-6-11(10)9(2)15(19)14(8)12-7-13(16(20)21)18-17-12/h7,19H,3-6H2,1-2H3,(H,17,18)(H,20,21). The van der Waals surface area contributed by atoms with Crippen LogP contribution in [0.4, 0.5) is 0 Å². The van der Waals surface area contributed by atoms with Crippen LogP contribution in [0.5, 0.6) is 5.75 Å². The molecule has 0 aliphatic heterocycles. The molecule has 0 spiro atoms. The van der Waals surface area contributed by atoms with Crippen LogP contribution < -0.4 is 0 Å². The summed E-state index contributed by atoms with van der Waals surface area (Å²) >= 11 is 0. The molecule has 3 N–H and O–H groups in total. The van der Waals surface area contributed by atoms with Gasteiger partial charge in [-0.1, -0.05) is 0 Å². The zero-order valence-corrected chi connectivity index (χ0v) is 12.2. The van der Waals surface area contributed by atoms with Crippen LogP contribution in [0.3, 0.4) is 0 Å². The molecule has 1 aromatic carbocycles. The number of aromatic amines is 1. The number of nitrogens with one attached hydrogen (secondary N) is 1. The number of aromatic carboxylic acids is 1. The van der Waals surface area contributed by atoms with E-state index in [0.717, 1.165) is 36.8 Å². The number of phenols is 1. The third kappa shape index (κ3) is 2.09. The van der Waals surface area contributed by atoms with Crippen LogP contribution in [0.25, 0.3) is 11.3 Å². The lowest BCUT2D eigenvalue weighted by molar-refractivity contribution is 0.0690. The molecule has 0 amide bonds. The summed E-state index contributed by atoms with van der Waals surface area (Å²) in [5.74, 6) is -0.836. The molecule has 0 fully saturated rings. The van der Waals surface area contributed by atoms with E-state index in [1.54, 1.807) is 0 Å². The number of nitrogens with zero attached hydrogens (tertiary/aromatic N) is 1. The number of phenolic OH excluding ortho intramolecular Hbond substituents is 1. The Morgan fingerprint density at radius 2 is 1.81 bits per heavy atom. The van der Waals surface area contributed by atoms with Gasteiger partial charge in [-0.05, 0) is 67.9 Å². The second-order valence-electron chi connectivity index (χ2n) is 5.61. The minimum Gasteiger partial charge on any atom is -0.507 e. The predicted octanol–water partition coefficient (Wildman–Crippen LogP) is 2.98. The highest BCUT2D eigenvalue weighted by Gasteiger charge is 2.23. The molecule has 3 rings (SSSR count). The van der Waals surface area contributed by atoms with Gasteiger partial charge in [0.25, 0.3) is 0 Å². The minimum atomic E-state index is -1.06. The van der Waals surface area contributed by atoms with Gasteiger partial charge in [-0.25, -0.2) is 4.79 Å². The summed E-state index contributed by atoms with van der Waals surface area (Å²) in [5, 5.41) is 26.1. The maximum atomic E-state index is 11.0. The summed E-state index contributed by atoms with van der Waals surface area (Å²) < 4.78 is 0. The van der Waals surface area contributed by atoms with Gasteiger partial charge >= 0.3 is 5.97 Å². The Kier molecular flexibility index (Phi) is 3.20. The fourth-order valence-electron chi connectivity index (χ4n) is 3.26. The van der Waals surface area contributed by atoms with Crippen LogP contribution in [0.1, 0.15) is 45.6 Å². The van der Waals surface area contributed by atoms with Crippen molar-refractivity contribution in [2.45, 2.75) is 39.5 Å². The van der Waals surface area contributed by atoms with Crippen LogP contribution in [-0.2, 0) is 12.8 Å². The van der Waals surface area contributed by atoms with Gasteiger partial charge in [-0.15, -0.1) is 0 Å². The van der Waals surface area contributed by atoms with Gasteiger partial charge < -0.3 is 10.2 Å². The first kappa shape index (κ1) is 13.7. The Labute approximate surface area is 122 Å². The fraction of sp³-hybridized carbons (Fsp3) is 0.375. The van der Waals surface area contributed by atoms with Gasteiger partial charge in [0.15, 0.2) is 0 Å². The first-order valence-corrected chi connectivity index (χ1v) is 7.13. The third-order valence-electron chi connectivity index (χ3n) is 4.40. The summed E-state index contributed by atoms with van der Waals surface area (Å²) in [5.41, 5.74) is 5.59. The van der Waals surface area contributed by atoms with Crippen molar-refractivity contribution in [3.63, 3.8) is 0 Å².